The fourth-order valence-electron chi connectivity index (χ4n) is 2.02. The number of para-hydroxylation sites is 1. The molecule has 0 aliphatic carbocycles. The quantitative estimate of drug-likeness (QED) is 0.895. The lowest BCUT2D eigenvalue weighted by molar-refractivity contribution is 0.0692. The first-order valence-electron chi connectivity index (χ1n) is 6.28. The minimum atomic E-state index is -1.31. The molecule has 4 nitrogen and oxygen atoms in total. The van der Waals surface area contributed by atoms with E-state index in [2.05, 4.69) is 10.3 Å². The van der Waals surface area contributed by atoms with E-state index in [1.54, 1.807) is 0 Å². The van der Waals surface area contributed by atoms with Gasteiger partial charge in [0.15, 0.2) is 11.6 Å². The molecule has 0 unspecified atom stereocenters. The number of hydrogen-bond donors (Lipinski definition) is 2. The second-order valence-electron chi connectivity index (χ2n) is 4.41. The maximum atomic E-state index is 14.1. The van der Waals surface area contributed by atoms with Crippen LogP contribution in [0.1, 0.15) is 28.4 Å². The zero-order valence-electron chi connectivity index (χ0n) is 11.3. The van der Waals surface area contributed by atoms with E-state index in [0.717, 1.165) is 29.3 Å². The summed E-state index contributed by atoms with van der Waals surface area (Å²) in [6.45, 7) is 3.90. The fourth-order valence-corrected chi connectivity index (χ4v) is 2.02. The first-order valence-corrected chi connectivity index (χ1v) is 6.28. The van der Waals surface area contributed by atoms with E-state index < -0.39 is 17.3 Å². The second-order valence-corrected chi connectivity index (χ2v) is 4.41. The van der Waals surface area contributed by atoms with Gasteiger partial charge in [0.05, 0.1) is 0 Å². The molecule has 0 atom stereocenters. The molecular formula is C15H15FN2O2. The number of hydrogen-bond acceptors (Lipinski definition) is 3. The molecule has 104 valence electrons. The lowest BCUT2D eigenvalue weighted by atomic mass is 10.1. The van der Waals surface area contributed by atoms with Crippen LogP contribution in [0.3, 0.4) is 0 Å². The summed E-state index contributed by atoms with van der Waals surface area (Å²) < 4.78 is 14.1. The monoisotopic (exact) mass is 274 g/mol. The maximum absolute atomic E-state index is 14.1. The third-order valence-electron chi connectivity index (χ3n) is 3.10. The van der Waals surface area contributed by atoms with Gasteiger partial charge in [0.2, 0.25) is 0 Å². The lowest BCUT2D eigenvalue weighted by Crippen LogP contribution is -2.07. The third-order valence-corrected chi connectivity index (χ3v) is 3.10. The van der Waals surface area contributed by atoms with Crippen LogP contribution in [0.2, 0.25) is 0 Å². The van der Waals surface area contributed by atoms with E-state index in [-0.39, 0.29) is 5.82 Å². The van der Waals surface area contributed by atoms with Crippen LogP contribution in [0.15, 0.2) is 30.5 Å². The van der Waals surface area contributed by atoms with Gasteiger partial charge in [0.1, 0.15) is 5.56 Å². The number of aromatic nitrogens is 1. The zero-order chi connectivity index (χ0) is 14.7. The summed E-state index contributed by atoms with van der Waals surface area (Å²) in [7, 11) is 0. The topological polar surface area (TPSA) is 62.2 Å². The second kappa shape index (κ2) is 5.69. The molecule has 1 aromatic carbocycles. The van der Waals surface area contributed by atoms with Gasteiger partial charge in [-0.3, -0.25) is 0 Å². The van der Waals surface area contributed by atoms with E-state index >= 15 is 0 Å². The minimum absolute atomic E-state index is 0.0751. The van der Waals surface area contributed by atoms with E-state index in [0.29, 0.717) is 0 Å². The number of aryl methyl sites for hydroxylation is 2. The molecular weight excluding hydrogens is 259 g/mol. The van der Waals surface area contributed by atoms with Crippen molar-refractivity contribution in [1.82, 2.24) is 4.98 Å². The average molecular weight is 274 g/mol. The number of carbonyl (C=O) groups is 1. The summed E-state index contributed by atoms with van der Waals surface area (Å²) in [5, 5.41) is 11.8. The Bertz CT molecular complexity index is 656. The number of carboxylic acids is 1. The summed E-state index contributed by atoms with van der Waals surface area (Å²) in [6.07, 6.45) is 2.06. The van der Waals surface area contributed by atoms with Crippen LogP contribution < -0.4 is 5.32 Å². The average Bonchev–Trinajstić information content (AvgIpc) is 2.42. The summed E-state index contributed by atoms with van der Waals surface area (Å²) in [5.74, 6) is -2.24. The van der Waals surface area contributed by atoms with Gasteiger partial charge in [-0.1, -0.05) is 25.1 Å². The van der Waals surface area contributed by atoms with Gasteiger partial charge in [-0.2, -0.15) is 0 Å². The largest absolute Gasteiger partial charge is 0.478 e. The predicted octanol–water partition coefficient (Wildman–Crippen LogP) is 3.53. The number of nitrogens with zero attached hydrogens (tertiary/aromatic N) is 1. The van der Waals surface area contributed by atoms with Crippen molar-refractivity contribution in [2.45, 2.75) is 20.3 Å². The van der Waals surface area contributed by atoms with Crippen LogP contribution in [-0.4, -0.2) is 16.1 Å². The molecule has 20 heavy (non-hydrogen) atoms. The van der Waals surface area contributed by atoms with Gasteiger partial charge in [-0.05, 0) is 30.5 Å². The van der Waals surface area contributed by atoms with Crippen molar-refractivity contribution in [3.8, 4) is 0 Å². The van der Waals surface area contributed by atoms with Gasteiger partial charge in [-0.15, -0.1) is 0 Å². The lowest BCUT2D eigenvalue weighted by Gasteiger charge is -2.14. The Morgan fingerprint density at radius 1 is 1.40 bits per heavy atom. The highest BCUT2D eigenvalue weighted by atomic mass is 19.1. The normalized spacial score (nSPS) is 10.3. The van der Waals surface area contributed by atoms with Crippen LogP contribution in [0.5, 0.6) is 0 Å². The van der Waals surface area contributed by atoms with Gasteiger partial charge in [0.25, 0.3) is 0 Å². The molecule has 0 saturated carbocycles. The summed E-state index contributed by atoms with van der Waals surface area (Å²) >= 11 is 0. The molecule has 0 spiro atoms. The predicted molar refractivity (Wildman–Crippen MR) is 75.0 cm³/mol. The van der Waals surface area contributed by atoms with Gasteiger partial charge in [-0.25, -0.2) is 14.2 Å². The van der Waals surface area contributed by atoms with Crippen LogP contribution in [0.25, 0.3) is 0 Å². The summed E-state index contributed by atoms with van der Waals surface area (Å²) in [5.41, 5.74) is 2.34. The SMILES string of the molecule is CCc1cccc(C)c1Nc1nccc(C(=O)O)c1F. The van der Waals surface area contributed by atoms with Crippen molar-refractivity contribution < 1.29 is 14.3 Å². The van der Waals surface area contributed by atoms with E-state index in [1.807, 2.05) is 32.0 Å². The highest BCUT2D eigenvalue weighted by Gasteiger charge is 2.16. The van der Waals surface area contributed by atoms with E-state index in [4.69, 9.17) is 5.11 Å². The minimum Gasteiger partial charge on any atom is -0.478 e. The molecule has 1 aromatic heterocycles. The molecule has 0 amide bonds. The van der Waals surface area contributed by atoms with Crippen molar-refractivity contribution >= 4 is 17.5 Å². The van der Waals surface area contributed by atoms with Crippen molar-refractivity contribution in [3.63, 3.8) is 0 Å². The Labute approximate surface area is 116 Å². The van der Waals surface area contributed by atoms with Gasteiger partial charge >= 0.3 is 5.97 Å². The van der Waals surface area contributed by atoms with Crippen molar-refractivity contribution in [2.24, 2.45) is 0 Å². The number of halogens is 1. The number of carboxylic acid groups (broad SMARTS) is 1. The molecule has 0 aliphatic heterocycles. The number of nitrogens with one attached hydrogen (secondary N) is 1. The van der Waals surface area contributed by atoms with Crippen LogP contribution in [-0.2, 0) is 6.42 Å². The molecule has 0 aliphatic rings. The van der Waals surface area contributed by atoms with E-state index in [9.17, 15) is 9.18 Å². The van der Waals surface area contributed by atoms with E-state index in [1.165, 1.54) is 6.20 Å². The number of pyridine rings is 1. The Morgan fingerprint density at radius 3 is 2.80 bits per heavy atom. The first-order chi connectivity index (χ1) is 9.54. The molecule has 0 radical (unpaired) electrons. The van der Waals surface area contributed by atoms with Crippen LogP contribution >= 0.6 is 0 Å². The number of aromatic carboxylic acids is 1. The molecule has 1 heterocycles. The Kier molecular flexibility index (Phi) is 3.98. The molecule has 2 N–H and O–H groups in total. The molecule has 0 fully saturated rings. The third kappa shape index (κ3) is 2.61. The summed E-state index contributed by atoms with van der Waals surface area (Å²) in [4.78, 5) is 14.8. The summed E-state index contributed by atoms with van der Waals surface area (Å²) in [6, 6.07) is 6.91. The fraction of sp³-hybridized carbons (Fsp3) is 0.200. The maximum Gasteiger partial charge on any atom is 0.338 e. The Hall–Kier alpha value is -2.43. The number of anilines is 2. The van der Waals surface area contributed by atoms with Gasteiger partial charge < -0.3 is 10.4 Å². The smallest absolute Gasteiger partial charge is 0.338 e. The highest BCUT2D eigenvalue weighted by Crippen LogP contribution is 2.26. The van der Waals surface area contributed by atoms with Crippen molar-refractivity contribution in [1.29, 1.82) is 0 Å². The van der Waals surface area contributed by atoms with Crippen LogP contribution in [0, 0.1) is 12.7 Å². The molecule has 0 saturated heterocycles. The standard InChI is InChI=1S/C15H15FN2O2/c1-3-10-6-4-5-9(2)13(10)18-14-12(16)11(15(19)20)7-8-17-14/h4-8H,3H2,1-2H3,(H,17,18)(H,19,20). The molecule has 5 heteroatoms. The highest BCUT2D eigenvalue weighted by molar-refractivity contribution is 5.89. The molecule has 2 aromatic rings. The number of rotatable bonds is 4. The zero-order valence-corrected chi connectivity index (χ0v) is 11.3. The van der Waals surface area contributed by atoms with Gasteiger partial charge in [0, 0.05) is 11.9 Å². The van der Waals surface area contributed by atoms with Crippen molar-refractivity contribution in [2.75, 3.05) is 5.32 Å². The van der Waals surface area contributed by atoms with Crippen molar-refractivity contribution in [3.05, 3.63) is 53.0 Å². The Morgan fingerprint density at radius 2 is 2.15 bits per heavy atom. The Balaban J connectivity index is 2.46. The number of benzene rings is 1. The van der Waals surface area contributed by atoms with Crippen LogP contribution in [0.4, 0.5) is 15.9 Å². The first kappa shape index (κ1) is 14.0. The molecule has 0 bridgehead atoms. The molecule has 2 rings (SSSR count).